The molecule has 0 radical (unpaired) electrons. The van der Waals surface area contributed by atoms with Crippen LogP contribution in [0.25, 0.3) is 0 Å². The van der Waals surface area contributed by atoms with Gasteiger partial charge in [0.25, 0.3) is 0 Å². The van der Waals surface area contributed by atoms with Gasteiger partial charge in [0.15, 0.2) is 5.78 Å². The van der Waals surface area contributed by atoms with Crippen LogP contribution < -0.4 is 5.32 Å². The van der Waals surface area contributed by atoms with Crippen LogP contribution in [0.4, 0.5) is 4.79 Å². The van der Waals surface area contributed by atoms with Gasteiger partial charge in [0, 0.05) is 17.8 Å². The molecule has 5 aliphatic carbocycles. The number of benzene rings is 1. The van der Waals surface area contributed by atoms with Gasteiger partial charge in [0.2, 0.25) is 0 Å². The highest BCUT2D eigenvalue weighted by molar-refractivity contribution is 5.95. The highest BCUT2D eigenvalue weighted by atomic mass is 16.6. The summed E-state index contributed by atoms with van der Waals surface area (Å²) in [6, 6.07) is 8.72. The molecule has 1 amide bonds. The Hall–Kier alpha value is -3.16. The normalized spacial score (nSPS) is 38.9. The van der Waals surface area contributed by atoms with Crippen molar-refractivity contribution in [1.82, 2.24) is 5.32 Å². The molecule has 0 aromatic heterocycles. The van der Waals surface area contributed by atoms with Gasteiger partial charge in [-0.25, -0.2) is 9.59 Å². The topological polar surface area (TPSA) is 108 Å². The molecule has 6 rings (SSSR count). The van der Waals surface area contributed by atoms with Gasteiger partial charge in [0.1, 0.15) is 17.7 Å². The van der Waals surface area contributed by atoms with E-state index >= 15 is 0 Å². The number of esters is 2. The highest BCUT2D eigenvalue weighted by Gasteiger charge is 2.70. The molecule has 0 heterocycles. The minimum atomic E-state index is -0.910. The summed E-state index contributed by atoms with van der Waals surface area (Å²) in [4.78, 5) is 55.2. The van der Waals surface area contributed by atoms with Crippen molar-refractivity contribution in [2.45, 2.75) is 158 Å². The van der Waals surface area contributed by atoms with Gasteiger partial charge >= 0.3 is 18.0 Å². The SMILES string of the molecule is CCOC(=O)[C@@]1(C)CC[C@]2(C)CC[C@]3(C)C(=CC(=O)[C@@H]4[C@@]5(C)CC[C@H](OC(=O)[C@H](Cc6ccccc6)NC(=O)OC(C)(C)C)C(C)(C)[C@@H]5CC[C@]43C)[C@@H]2C1. The molecule has 5 aliphatic rings. The molecule has 298 valence electrons. The van der Waals surface area contributed by atoms with Crippen LogP contribution in [0.5, 0.6) is 0 Å². The molecule has 54 heavy (non-hydrogen) atoms. The van der Waals surface area contributed by atoms with Crippen molar-refractivity contribution in [2.75, 3.05) is 6.61 Å². The summed E-state index contributed by atoms with van der Waals surface area (Å²) in [5, 5.41) is 2.81. The average Bonchev–Trinajstić information content (AvgIpc) is 3.07. The van der Waals surface area contributed by atoms with Gasteiger partial charge in [-0.15, -0.1) is 0 Å². The molecule has 10 atom stereocenters. The van der Waals surface area contributed by atoms with Gasteiger partial charge in [0.05, 0.1) is 12.0 Å². The number of amides is 1. The molecular weight excluding hydrogens is 679 g/mol. The Morgan fingerprint density at radius 1 is 0.889 bits per heavy atom. The van der Waals surface area contributed by atoms with E-state index in [0.717, 1.165) is 56.9 Å². The largest absolute Gasteiger partial charge is 0.466 e. The first-order valence-electron chi connectivity index (χ1n) is 20.7. The number of carbonyl (C=O) groups is 4. The summed E-state index contributed by atoms with van der Waals surface area (Å²) in [6.45, 7) is 23.7. The van der Waals surface area contributed by atoms with Gasteiger partial charge in [-0.05, 0) is 138 Å². The Morgan fingerprint density at radius 3 is 2.20 bits per heavy atom. The van der Waals surface area contributed by atoms with E-state index in [9.17, 15) is 19.2 Å². The maximum absolute atomic E-state index is 14.9. The molecule has 4 saturated carbocycles. The van der Waals surface area contributed by atoms with Crippen molar-refractivity contribution in [2.24, 2.45) is 50.2 Å². The van der Waals surface area contributed by atoms with Crippen LogP contribution in [0, 0.1) is 50.2 Å². The fraction of sp³-hybridized carbons (Fsp3) is 0.739. The van der Waals surface area contributed by atoms with Crippen LogP contribution in [-0.4, -0.2) is 48.2 Å². The van der Waals surface area contributed by atoms with Gasteiger partial charge < -0.3 is 19.5 Å². The Bertz CT molecular complexity index is 1680. The Labute approximate surface area is 324 Å². The van der Waals surface area contributed by atoms with E-state index in [1.54, 1.807) is 20.8 Å². The predicted octanol–water partition coefficient (Wildman–Crippen LogP) is 9.58. The van der Waals surface area contributed by atoms with Crippen LogP contribution in [0.2, 0.25) is 0 Å². The molecule has 8 heteroatoms. The second kappa shape index (κ2) is 13.8. The lowest BCUT2D eigenvalue weighted by Crippen LogP contribution is -2.67. The van der Waals surface area contributed by atoms with E-state index in [0.29, 0.717) is 13.0 Å². The molecule has 1 N–H and O–H groups in total. The number of ether oxygens (including phenoxy) is 3. The fourth-order valence-electron chi connectivity index (χ4n) is 12.6. The first-order chi connectivity index (χ1) is 25.0. The summed E-state index contributed by atoms with van der Waals surface area (Å²) in [7, 11) is 0. The maximum Gasteiger partial charge on any atom is 0.408 e. The van der Waals surface area contributed by atoms with Crippen LogP contribution in [0.3, 0.4) is 0 Å². The standard InChI is InChI=1S/C46H67NO7/c1-12-52-38(50)43(8)23-22-42(7)24-25-45(10)30(31(42)28-43)27-33(48)36-44(9)20-19-35(41(5,6)34(44)18-21-46(36,45)11)53-37(49)32(26-29-16-14-13-15-17-29)47-39(51)54-40(2,3)4/h13-17,27,31-32,34-36H,12,18-26,28H2,1-11H3,(H,47,51)/t31-,32-,34-,35-,36+,42+,43-,44-,45+,46+/m0/s1. The summed E-state index contributed by atoms with van der Waals surface area (Å²) >= 11 is 0. The lowest BCUT2D eigenvalue weighted by Gasteiger charge is -2.70. The molecule has 0 unspecified atom stereocenters. The van der Waals surface area contributed by atoms with Crippen molar-refractivity contribution in [1.29, 1.82) is 0 Å². The van der Waals surface area contributed by atoms with Crippen molar-refractivity contribution >= 4 is 23.8 Å². The van der Waals surface area contributed by atoms with Gasteiger partial charge in [-0.1, -0.05) is 77.4 Å². The fourth-order valence-corrected chi connectivity index (χ4v) is 12.6. The number of carbonyl (C=O) groups excluding carboxylic acids is 4. The first-order valence-corrected chi connectivity index (χ1v) is 20.7. The summed E-state index contributed by atoms with van der Waals surface area (Å²) in [5.74, 6) is -0.173. The number of fused-ring (bicyclic) bond motifs is 7. The van der Waals surface area contributed by atoms with Crippen LogP contribution in [0.15, 0.2) is 42.0 Å². The second-order valence-corrected chi connectivity index (χ2v) is 20.6. The molecule has 0 aliphatic heterocycles. The lowest BCUT2D eigenvalue weighted by atomic mass is 9.33. The number of hydrogen-bond acceptors (Lipinski definition) is 7. The molecule has 0 spiro atoms. The predicted molar refractivity (Wildman–Crippen MR) is 209 cm³/mol. The number of rotatable bonds is 7. The summed E-state index contributed by atoms with van der Waals surface area (Å²) in [6.07, 6.45) is 9.22. The number of nitrogens with one attached hydrogen (secondary N) is 1. The molecule has 8 nitrogen and oxygen atoms in total. The quantitative estimate of drug-likeness (QED) is 0.219. The molecular formula is C46H67NO7. The minimum absolute atomic E-state index is 0.0581. The maximum atomic E-state index is 14.9. The molecule has 1 aromatic rings. The smallest absolute Gasteiger partial charge is 0.408 e. The first kappa shape index (κ1) is 40.5. The average molecular weight is 746 g/mol. The van der Waals surface area contributed by atoms with E-state index in [1.807, 2.05) is 37.3 Å². The summed E-state index contributed by atoms with van der Waals surface area (Å²) in [5.41, 5.74) is -0.109. The zero-order valence-electron chi connectivity index (χ0n) is 35.0. The molecule has 1 aromatic carbocycles. The van der Waals surface area contributed by atoms with Gasteiger partial charge in [-0.2, -0.15) is 0 Å². The Morgan fingerprint density at radius 2 is 1.56 bits per heavy atom. The van der Waals surface area contributed by atoms with Crippen LogP contribution in [0.1, 0.15) is 140 Å². The number of hydrogen-bond donors (Lipinski definition) is 1. The van der Waals surface area contributed by atoms with E-state index in [-0.39, 0.29) is 63.7 Å². The van der Waals surface area contributed by atoms with Crippen molar-refractivity contribution in [3.05, 3.63) is 47.5 Å². The third-order valence-electron chi connectivity index (χ3n) is 15.8. The minimum Gasteiger partial charge on any atom is -0.466 e. The van der Waals surface area contributed by atoms with Crippen LogP contribution >= 0.6 is 0 Å². The van der Waals surface area contributed by atoms with Crippen molar-refractivity contribution < 1.29 is 33.4 Å². The zero-order chi connectivity index (χ0) is 39.7. The second-order valence-electron chi connectivity index (χ2n) is 20.6. The van der Waals surface area contributed by atoms with E-state index in [4.69, 9.17) is 14.2 Å². The Kier molecular flexibility index (Phi) is 10.3. The molecule has 4 fully saturated rings. The molecule has 0 saturated heterocycles. The van der Waals surface area contributed by atoms with Gasteiger partial charge in [-0.3, -0.25) is 9.59 Å². The highest BCUT2D eigenvalue weighted by Crippen LogP contribution is 2.75. The van der Waals surface area contributed by atoms with E-state index < -0.39 is 34.5 Å². The van der Waals surface area contributed by atoms with Crippen molar-refractivity contribution in [3.63, 3.8) is 0 Å². The number of allylic oxidation sites excluding steroid dienone is 2. The van der Waals surface area contributed by atoms with Crippen LogP contribution in [-0.2, 0) is 35.0 Å². The lowest BCUT2D eigenvalue weighted by molar-refractivity contribution is -0.211. The number of alkyl carbamates (subject to hydrolysis) is 1. The zero-order valence-corrected chi connectivity index (χ0v) is 35.0. The summed E-state index contributed by atoms with van der Waals surface area (Å²) < 4.78 is 17.6. The van der Waals surface area contributed by atoms with Crippen molar-refractivity contribution in [3.8, 4) is 0 Å². The number of ketones is 1. The molecule has 0 bridgehead atoms. The van der Waals surface area contributed by atoms with E-state index in [2.05, 4.69) is 59.9 Å². The van der Waals surface area contributed by atoms with E-state index in [1.165, 1.54) is 5.57 Å². The Balaban J connectivity index is 1.26. The monoisotopic (exact) mass is 745 g/mol. The third-order valence-corrected chi connectivity index (χ3v) is 15.8. The third kappa shape index (κ3) is 6.73.